The summed E-state index contributed by atoms with van der Waals surface area (Å²) in [5.74, 6) is 0.995. The van der Waals surface area contributed by atoms with Crippen molar-refractivity contribution in [2.75, 3.05) is 5.73 Å². The van der Waals surface area contributed by atoms with Crippen molar-refractivity contribution in [2.45, 2.75) is 52.5 Å². The highest BCUT2D eigenvalue weighted by atomic mass is 15.4. The number of anilines is 1. The van der Waals surface area contributed by atoms with Gasteiger partial charge in [-0.05, 0) is 39.0 Å². The Morgan fingerprint density at radius 1 is 1.32 bits per heavy atom. The second-order valence-corrected chi connectivity index (χ2v) is 5.26. The minimum absolute atomic E-state index is 0.777. The summed E-state index contributed by atoms with van der Waals surface area (Å²) in [5.41, 5.74) is 10.5. The predicted octanol–water partition coefficient (Wildman–Crippen LogP) is 2.25. The van der Waals surface area contributed by atoms with Crippen molar-refractivity contribution >= 4 is 5.69 Å². The van der Waals surface area contributed by atoms with Crippen LogP contribution in [0.4, 0.5) is 5.69 Å². The van der Waals surface area contributed by atoms with Crippen molar-refractivity contribution in [1.82, 2.24) is 19.3 Å². The van der Waals surface area contributed by atoms with E-state index in [0.717, 1.165) is 43.0 Å². The topological polar surface area (TPSA) is 61.7 Å². The molecule has 0 amide bonds. The van der Waals surface area contributed by atoms with E-state index in [1.807, 2.05) is 17.9 Å². The van der Waals surface area contributed by atoms with Crippen LogP contribution in [0, 0.1) is 6.92 Å². The quantitative estimate of drug-likeness (QED) is 0.919. The van der Waals surface area contributed by atoms with Gasteiger partial charge in [0.1, 0.15) is 6.33 Å². The summed E-state index contributed by atoms with van der Waals surface area (Å²) < 4.78 is 4.17. The Kier molecular flexibility index (Phi) is 3.05. The molecule has 0 aromatic carbocycles. The van der Waals surface area contributed by atoms with Crippen molar-refractivity contribution in [1.29, 1.82) is 0 Å². The smallest absolute Gasteiger partial charge is 0.160 e. The monoisotopic (exact) mass is 259 g/mol. The summed E-state index contributed by atoms with van der Waals surface area (Å²) in [6.07, 6.45) is 7.61. The van der Waals surface area contributed by atoms with E-state index in [4.69, 9.17) is 5.73 Å². The lowest BCUT2D eigenvalue weighted by atomic mass is 10.0. The Morgan fingerprint density at radius 2 is 2.11 bits per heavy atom. The van der Waals surface area contributed by atoms with Gasteiger partial charge in [-0.3, -0.25) is 4.57 Å². The molecule has 0 saturated carbocycles. The molecule has 19 heavy (non-hydrogen) atoms. The molecule has 0 fully saturated rings. The first-order chi connectivity index (χ1) is 9.22. The molecule has 1 aliphatic rings. The van der Waals surface area contributed by atoms with E-state index in [-0.39, 0.29) is 0 Å². The summed E-state index contributed by atoms with van der Waals surface area (Å²) >= 11 is 0. The molecule has 2 aromatic heterocycles. The minimum Gasteiger partial charge on any atom is -0.394 e. The largest absolute Gasteiger partial charge is 0.394 e. The van der Waals surface area contributed by atoms with Crippen LogP contribution in [0.3, 0.4) is 0 Å². The molecule has 2 aromatic rings. The molecule has 0 unspecified atom stereocenters. The van der Waals surface area contributed by atoms with Crippen LogP contribution >= 0.6 is 0 Å². The van der Waals surface area contributed by atoms with Gasteiger partial charge in [-0.15, -0.1) is 0 Å². The van der Waals surface area contributed by atoms with Crippen molar-refractivity contribution in [2.24, 2.45) is 0 Å². The van der Waals surface area contributed by atoms with Gasteiger partial charge in [-0.2, -0.15) is 5.10 Å². The second-order valence-electron chi connectivity index (χ2n) is 5.26. The number of rotatable bonds is 3. The number of aromatic nitrogens is 4. The molecule has 5 nitrogen and oxygen atoms in total. The molecule has 2 heterocycles. The van der Waals surface area contributed by atoms with Crippen LogP contribution in [-0.4, -0.2) is 19.3 Å². The Labute approximate surface area is 113 Å². The third kappa shape index (κ3) is 1.93. The minimum atomic E-state index is 0.777. The van der Waals surface area contributed by atoms with Gasteiger partial charge >= 0.3 is 0 Å². The van der Waals surface area contributed by atoms with Crippen molar-refractivity contribution in [3.63, 3.8) is 0 Å². The van der Waals surface area contributed by atoms with E-state index in [9.17, 15) is 0 Å². The maximum absolute atomic E-state index is 6.23. The maximum atomic E-state index is 6.23. The Bertz CT molecular complexity index is 593. The van der Waals surface area contributed by atoms with E-state index >= 15 is 0 Å². The molecule has 0 radical (unpaired) electrons. The number of imidazole rings is 1. The molecule has 2 N–H and O–H groups in total. The van der Waals surface area contributed by atoms with Crippen LogP contribution < -0.4 is 5.73 Å². The lowest BCUT2D eigenvalue weighted by Gasteiger charge is -2.15. The van der Waals surface area contributed by atoms with E-state index in [1.165, 1.54) is 24.2 Å². The molecule has 3 rings (SSSR count). The van der Waals surface area contributed by atoms with Gasteiger partial charge in [0, 0.05) is 12.2 Å². The highest BCUT2D eigenvalue weighted by Crippen LogP contribution is 2.27. The Balaban J connectivity index is 2.13. The summed E-state index contributed by atoms with van der Waals surface area (Å²) in [5, 5.41) is 4.55. The van der Waals surface area contributed by atoms with Gasteiger partial charge in [0.15, 0.2) is 5.82 Å². The Hall–Kier alpha value is -1.78. The summed E-state index contributed by atoms with van der Waals surface area (Å²) in [4.78, 5) is 4.55. The summed E-state index contributed by atoms with van der Waals surface area (Å²) in [6.45, 7) is 5.01. The molecule has 0 atom stereocenters. The fourth-order valence-corrected chi connectivity index (χ4v) is 2.86. The first-order valence-corrected chi connectivity index (χ1v) is 7.10. The number of nitrogens with two attached hydrogens (primary N) is 1. The van der Waals surface area contributed by atoms with Gasteiger partial charge in [0.2, 0.25) is 0 Å². The molecule has 0 spiro atoms. The number of nitrogens with zero attached hydrogens (tertiary/aromatic N) is 4. The normalized spacial score (nSPS) is 14.6. The number of aryl methyl sites for hydroxylation is 3. The summed E-state index contributed by atoms with van der Waals surface area (Å²) in [7, 11) is 0. The molecule has 0 saturated heterocycles. The number of fused-ring (bicyclic) bond motifs is 1. The first kappa shape index (κ1) is 12.3. The van der Waals surface area contributed by atoms with Crippen LogP contribution in [-0.2, 0) is 19.4 Å². The van der Waals surface area contributed by atoms with Gasteiger partial charge in [0.25, 0.3) is 0 Å². The first-order valence-electron chi connectivity index (χ1n) is 7.10. The van der Waals surface area contributed by atoms with Crippen molar-refractivity contribution in [3.8, 4) is 5.82 Å². The second kappa shape index (κ2) is 4.72. The SMILES string of the molecule is CCCn1nc(C)c(N)c1-n1cnc2c1CCCC2. The zero-order chi connectivity index (χ0) is 13.4. The van der Waals surface area contributed by atoms with Gasteiger partial charge < -0.3 is 5.73 Å². The molecule has 102 valence electrons. The average molecular weight is 259 g/mol. The molecular formula is C14H21N5. The lowest BCUT2D eigenvalue weighted by Crippen LogP contribution is -2.13. The van der Waals surface area contributed by atoms with Crippen LogP contribution in [0.5, 0.6) is 0 Å². The summed E-state index contributed by atoms with van der Waals surface area (Å²) in [6, 6.07) is 0. The van der Waals surface area contributed by atoms with E-state index in [1.54, 1.807) is 0 Å². The predicted molar refractivity (Wildman–Crippen MR) is 75.4 cm³/mol. The number of hydrogen-bond acceptors (Lipinski definition) is 3. The van der Waals surface area contributed by atoms with E-state index in [2.05, 4.69) is 21.6 Å². The van der Waals surface area contributed by atoms with Gasteiger partial charge in [-0.1, -0.05) is 6.92 Å². The zero-order valence-corrected chi connectivity index (χ0v) is 11.7. The van der Waals surface area contributed by atoms with Crippen LogP contribution in [0.25, 0.3) is 5.82 Å². The highest BCUT2D eigenvalue weighted by Gasteiger charge is 2.21. The number of hydrogen-bond donors (Lipinski definition) is 1. The average Bonchev–Trinajstić information content (AvgIpc) is 2.93. The third-order valence-electron chi connectivity index (χ3n) is 3.84. The van der Waals surface area contributed by atoms with Gasteiger partial charge in [-0.25, -0.2) is 9.67 Å². The van der Waals surface area contributed by atoms with Crippen molar-refractivity contribution < 1.29 is 0 Å². The molecular weight excluding hydrogens is 238 g/mol. The van der Waals surface area contributed by atoms with Gasteiger partial charge in [0.05, 0.1) is 17.1 Å². The highest BCUT2D eigenvalue weighted by molar-refractivity contribution is 5.58. The fourth-order valence-electron chi connectivity index (χ4n) is 2.86. The third-order valence-corrected chi connectivity index (χ3v) is 3.84. The van der Waals surface area contributed by atoms with Crippen molar-refractivity contribution in [3.05, 3.63) is 23.4 Å². The molecule has 0 bridgehead atoms. The van der Waals surface area contributed by atoms with Crippen LogP contribution in [0.15, 0.2) is 6.33 Å². The maximum Gasteiger partial charge on any atom is 0.160 e. The molecule has 0 aliphatic heterocycles. The molecule has 5 heteroatoms. The van der Waals surface area contributed by atoms with Crippen LogP contribution in [0.1, 0.15) is 43.3 Å². The Morgan fingerprint density at radius 3 is 2.89 bits per heavy atom. The zero-order valence-electron chi connectivity index (χ0n) is 11.7. The van der Waals surface area contributed by atoms with E-state index in [0.29, 0.717) is 0 Å². The number of nitrogen functional groups attached to an aromatic ring is 1. The van der Waals surface area contributed by atoms with Crippen LogP contribution in [0.2, 0.25) is 0 Å². The lowest BCUT2D eigenvalue weighted by molar-refractivity contribution is 0.575. The standard InChI is InChI=1S/C14H21N5/c1-3-8-19-14(13(15)10(2)17-19)18-9-16-11-6-4-5-7-12(11)18/h9H,3-8,15H2,1-2H3. The fraction of sp³-hybridized carbons (Fsp3) is 0.571. The van der Waals surface area contributed by atoms with E-state index < -0.39 is 0 Å². The molecule has 1 aliphatic carbocycles.